The number of benzene rings is 1. The fourth-order valence-electron chi connectivity index (χ4n) is 2.11. The molecule has 5 heteroatoms. The van der Waals surface area contributed by atoms with Crippen LogP contribution in [-0.2, 0) is 0 Å². The zero-order valence-corrected chi connectivity index (χ0v) is 11.5. The number of hydrogen-bond donors (Lipinski definition) is 2. The monoisotopic (exact) mass is 293 g/mol. The van der Waals surface area contributed by atoms with Crippen LogP contribution in [0.4, 0.5) is 5.69 Å². The van der Waals surface area contributed by atoms with Crippen molar-refractivity contribution in [3.63, 3.8) is 0 Å². The van der Waals surface area contributed by atoms with E-state index in [1.807, 2.05) is 0 Å². The van der Waals surface area contributed by atoms with Crippen LogP contribution in [0.3, 0.4) is 0 Å². The number of aliphatic hydroxyl groups is 1. The lowest BCUT2D eigenvalue weighted by molar-refractivity contribution is 0.116. The maximum Gasteiger partial charge on any atom is 0.0741 e. The van der Waals surface area contributed by atoms with Gasteiger partial charge in [-0.05, 0) is 25.0 Å². The van der Waals surface area contributed by atoms with Crippen LogP contribution < -0.4 is 5.32 Å². The van der Waals surface area contributed by atoms with Crippen LogP contribution in [0.5, 0.6) is 0 Å². The fourth-order valence-corrected chi connectivity index (χ4v) is 2.71. The van der Waals surface area contributed by atoms with E-state index in [-0.39, 0.29) is 12.1 Å². The van der Waals surface area contributed by atoms with Crippen molar-refractivity contribution >= 4 is 40.5 Å². The molecule has 2 nitrogen and oxygen atoms in total. The van der Waals surface area contributed by atoms with Gasteiger partial charge in [0.25, 0.3) is 0 Å². The summed E-state index contributed by atoms with van der Waals surface area (Å²) in [6, 6.07) is 3.36. The molecule has 2 rings (SSSR count). The molecule has 0 radical (unpaired) electrons. The van der Waals surface area contributed by atoms with Gasteiger partial charge in [-0.15, -0.1) is 0 Å². The summed E-state index contributed by atoms with van der Waals surface area (Å²) in [6.45, 7) is 0. The highest BCUT2D eigenvalue weighted by atomic mass is 35.5. The van der Waals surface area contributed by atoms with Gasteiger partial charge >= 0.3 is 0 Å². The van der Waals surface area contributed by atoms with Crippen molar-refractivity contribution in [3.05, 3.63) is 27.2 Å². The van der Waals surface area contributed by atoms with Gasteiger partial charge in [0.1, 0.15) is 0 Å². The Hall–Kier alpha value is -0.150. The average Bonchev–Trinajstić information content (AvgIpc) is 2.29. The Morgan fingerprint density at radius 3 is 2.35 bits per heavy atom. The van der Waals surface area contributed by atoms with Gasteiger partial charge < -0.3 is 10.4 Å². The molecule has 2 unspecified atom stereocenters. The summed E-state index contributed by atoms with van der Waals surface area (Å²) in [5.74, 6) is 0. The third-order valence-corrected chi connectivity index (χ3v) is 4.12. The van der Waals surface area contributed by atoms with Crippen LogP contribution in [0.1, 0.15) is 25.7 Å². The predicted molar refractivity (Wildman–Crippen MR) is 73.4 cm³/mol. The Kier molecular flexibility index (Phi) is 4.42. The summed E-state index contributed by atoms with van der Waals surface area (Å²) in [5.41, 5.74) is 0.729. The number of hydrogen-bond acceptors (Lipinski definition) is 2. The van der Waals surface area contributed by atoms with Gasteiger partial charge in [-0.2, -0.15) is 0 Å². The fraction of sp³-hybridized carbons (Fsp3) is 0.500. The van der Waals surface area contributed by atoms with Crippen molar-refractivity contribution in [1.82, 2.24) is 0 Å². The van der Waals surface area contributed by atoms with Crippen molar-refractivity contribution in [3.8, 4) is 0 Å². The van der Waals surface area contributed by atoms with Crippen molar-refractivity contribution in [2.24, 2.45) is 0 Å². The molecule has 2 N–H and O–H groups in total. The number of aliphatic hydroxyl groups excluding tert-OH is 1. The topological polar surface area (TPSA) is 32.3 Å². The van der Waals surface area contributed by atoms with E-state index in [2.05, 4.69) is 5.32 Å². The molecule has 1 aliphatic rings. The van der Waals surface area contributed by atoms with E-state index in [0.29, 0.717) is 15.1 Å². The summed E-state index contributed by atoms with van der Waals surface area (Å²) in [4.78, 5) is 0. The van der Waals surface area contributed by atoms with E-state index in [0.717, 1.165) is 31.4 Å². The van der Waals surface area contributed by atoms with Gasteiger partial charge in [-0.1, -0.05) is 47.6 Å². The Morgan fingerprint density at radius 2 is 1.65 bits per heavy atom. The van der Waals surface area contributed by atoms with Gasteiger partial charge in [-0.3, -0.25) is 0 Å². The highest BCUT2D eigenvalue weighted by Crippen LogP contribution is 2.33. The molecular formula is C12H14Cl3NO. The number of rotatable bonds is 2. The number of anilines is 1. The van der Waals surface area contributed by atoms with E-state index < -0.39 is 0 Å². The Bertz CT molecular complexity index is 411. The lowest BCUT2D eigenvalue weighted by atomic mass is 9.92. The maximum absolute atomic E-state index is 9.88. The van der Waals surface area contributed by atoms with Gasteiger partial charge in [0.15, 0.2) is 0 Å². The molecule has 0 heterocycles. The first kappa shape index (κ1) is 13.3. The highest BCUT2D eigenvalue weighted by Gasteiger charge is 2.23. The summed E-state index contributed by atoms with van der Waals surface area (Å²) < 4.78 is 0. The summed E-state index contributed by atoms with van der Waals surface area (Å²) >= 11 is 17.9. The van der Waals surface area contributed by atoms with Gasteiger partial charge in [0.2, 0.25) is 0 Å². The predicted octanol–water partition coefficient (Wildman–Crippen LogP) is 4.36. The third kappa shape index (κ3) is 3.19. The minimum absolute atomic E-state index is 0.0403. The maximum atomic E-state index is 9.88. The van der Waals surface area contributed by atoms with Crippen LogP contribution in [0.15, 0.2) is 12.1 Å². The first-order valence-electron chi connectivity index (χ1n) is 5.67. The van der Waals surface area contributed by atoms with E-state index in [1.54, 1.807) is 12.1 Å². The molecular weight excluding hydrogens is 280 g/mol. The Morgan fingerprint density at radius 1 is 1.00 bits per heavy atom. The summed E-state index contributed by atoms with van der Waals surface area (Å²) in [6.07, 6.45) is 3.64. The van der Waals surface area contributed by atoms with Crippen LogP contribution in [-0.4, -0.2) is 17.3 Å². The number of nitrogens with one attached hydrogen (secondary N) is 1. The molecule has 1 fully saturated rings. The van der Waals surface area contributed by atoms with Gasteiger partial charge in [-0.25, -0.2) is 0 Å². The largest absolute Gasteiger partial charge is 0.391 e. The van der Waals surface area contributed by atoms with Crippen molar-refractivity contribution in [2.45, 2.75) is 37.8 Å². The van der Waals surface area contributed by atoms with E-state index in [4.69, 9.17) is 34.8 Å². The minimum Gasteiger partial charge on any atom is -0.391 e. The van der Waals surface area contributed by atoms with Crippen LogP contribution >= 0.6 is 34.8 Å². The SMILES string of the molecule is OC1CCCCC1Nc1cc(Cl)c(Cl)cc1Cl. The first-order chi connectivity index (χ1) is 8.08. The molecule has 17 heavy (non-hydrogen) atoms. The molecule has 0 spiro atoms. The second-order valence-corrected chi connectivity index (χ2v) is 5.57. The zero-order chi connectivity index (χ0) is 12.4. The molecule has 0 aliphatic heterocycles. The van der Waals surface area contributed by atoms with Gasteiger partial charge in [0, 0.05) is 0 Å². The van der Waals surface area contributed by atoms with E-state index >= 15 is 0 Å². The van der Waals surface area contributed by atoms with Crippen LogP contribution in [0.25, 0.3) is 0 Å². The normalized spacial score (nSPS) is 24.7. The minimum atomic E-state index is -0.325. The molecule has 0 aromatic heterocycles. The lowest BCUT2D eigenvalue weighted by Crippen LogP contribution is -2.36. The molecule has 2 atom stereocenters. The third-order valence-electron chi connectivity index (χ3n) is 3.08. The quantitative estimate of drug-likeness (QED) is 0.794. The van der Waals surface area contributed by atoms with Crippen LogP contribution in [0.2, 0.25) is 15.1 Å². The second-order valence-electron chi connectivity index (χ2n) is 4.35. The molecule has 0 amide bonds. The molecule has 1 aromatic carbocycles. The molecule has 1 aromatic rings. The van der Waals surface area contributed by atoms with Crippen LogP contribution in [0, 0.1) is 0 Å². The molecule has 1 saturated carbocycles. The van der Waals surface area contributed by atoms with Gasteiger partial charge in [0.05, 0.1) is 32.9 Å². The van der Waals surface area contributed by atoms with Crippen molar-refractivity contribution < 1.29 is 5.11 Å². The summed E-state index contributed by atoms with van der Waals surface area (Å²) in [7, 11) is 0. The van der Waals surface area contributed by atoms with E-state index in [1.165, 1.54) is 0 Å². The number of halogens is 3. The highest BCUT2D eigenvalue weighted by molar-refractivity contribution is 6.44. The first-order valence-corrected chi connectivity index (χ1v) is 6.80. The second kappa shape index (κ2) is 5.66. The summed E-state index contributed by atoms with van der Waals surface area (Å²) in [5, 5.41) is 14.5. The molecule has 0 bridgehead atoms. The smallest absolute Gasteiger partial charge is 0.0741 e. The lowest BCUT2D eigenvalue weighted by Gasteiger charge is -2.29. The molecule has 1 aliphatic carbocycles. The molecule has 0 saturated heterocycles. The standard InChI is InChI=1S/C12H14Cl3NO/c13-7-5-9(15)11(6-8(7)14)16-10-3-1-2-4-12(10)17/h5-6,10,12,16-17H,1-4H2. The van der Waals surface area contributed by atoms with Crippen molar-refractivity contribution in [1.29, 1.82) is 0 Å². The van der Waals surface area contributed by atoms with Crippen molar-refractivity contribution in [2.75, 3.05) is 5.32 Å². The average molecular weight is 295 g/mol. The Labute approximate surface area is 116 Å². The molecule has 94 valence electrons. The van der Waals surface area contributed by atoms with E-state index in [9.17, 15) is 5.11 Å². The Balaban J connectivity index is 2.15. The zero-order valence-electron chi connectivity index (χ0n) is 9.22.